The van der Waals surface area contributed by atoms with E-state index >= 15 is 0 Å². The minimum atomic E-state index is -0.640. The Morgan fingerprint density at radius 2 is 1.86 bits per heavy atom. The molecule has 1 aliphatic heterocycles. The summed E-state index contributed by atoms with van der Waals surface area (Å²) in [6, 6.07) is 10.1. The van der Waals surface area contributed by atoms with Crippen molar-refractivity contribution in [1.82, 2.24) is 9.80 Å². The highest BCUT2D eigenvalue weighted by atomic mass is 19.1. The van der Waals surface area contributed by atoms with Gasteiger partial charge in [0.25, 0.3) is 11.8 Å². The smallest absolute Gasteiger partial charge is 0.258 e. The average Bonchev–Trinajstić information content (AvgIpc) is 2.83. The Morgan fingerprint density at radius 3 is 2.51 bits per heavy atom. The van der Waals surface area contributed by atoms with Crippen molar-refractivity contribution in [3.63, 3.8) is 0 Å². The van der Waals surface area contributed by atoms with Crippen LogP contribution in [0.4, 0.5) is 10.1 Å². The van der Waals surface area contributed by atoms with E-state index in [4.69, 9.17) is 9.47 Å². The summed E-state index contributed by atoms with van der Waals surface area (Å²) in [4.78, 5) is 41.6. The van der Waals surface area contributed by atoms with E-state index in [-0.39, 0.29) is 47.6 Å². The zero-order chi connectivity index (χ0) is 25.7. The Morgan fingerprint density at radius 1 is 1.14 bits per heavy atom. The fraction of sp³-hybridized carbons (Fsp3) is 0.423. The predicted molar refractivity (Wildman–Crippen MR) is 130 cm³/mol. The monoisotopic (exact) mass is 485 g/mol. The Hall–Kier alpha value is -3.46. The molecule has 0 saturated carbocycles. The van der Waals surface area contributed by atoms with Crippen molar-refractivity contribution in [2.45, 2.75) is 32.9 Å². The lowest BCUT2D eigenvalue weighted by atomic mass is 10.0. The number of likely N-dealkylation sites (N-methyl/N-ethyl adjacent to an activating group) is 1. The molecule has 3 rings (SSSR count). The zero-order valence-corrected chi connectivity index (χ0v) is 20.7. The molecule has 0 aromatic heterocycles. The first-order valence-corrected chi connectivity index (χ1v) is 11.5. The lowest BCUT2D eigenvalue weighted by Gasteiger charge is -2.35. The maximum atomic E-state index is 14.0. The number of carbonyl (C=O) groups excluding carboxylic acids is 3. The van der Waals surface area contributed by atoms with Crippen LogP contribution in [0.5, 0.6) is 5.75 Å². The molecule has 0 unspecified atom stereocenters. The van der Waals surface area contributed by atoms with E-state index in [0.29, 0.717) is 24.5 Å². The number of methoxy groups -OCH3 is 1. The topological polar surface area (TPSA) is 88.2 Å². The number of carbonyl (C=O) groups is 3. The fourth-order valence-corrected chi connectivity index (χ4v) is 4.14. The second-order valence-electron chi connectivity index (χ2n) is 8.91. The second kappa shape index (κ2) is 11.3. The number of rotatable bonds is 3. The molecular formula is C26H32FN3O5. The van der Waals surface area contributed by atoms with E-state index in [1.165, 1.54) is 36.1 Å². The normalized spacial score (nSPS) is 21.3. The van der Waals surface area contributed by atoms with Gasteiger partial charge < -0.3 is 24.6 Å². The van der Waals surface area contributed by atoms with Gasteiger partial charge in [-0.3, -0.25) is 14.4 Å². The lowest BCUT2D eigenvalue weighted by Crippen LogP contribution is -2.48. The van der Waals surface area contributed by atoms with Gasteiger partial charge in [-0.1, -0.05) is 19.1 Å². The summed E-state index contributed by atoms with van der Waals surface area (Å²) in [5.41, 5.74) is 0.461. The van der Waals surface area contributed by atoms with Crippen molar-refractivity contribution in [1.29, 1.82) is 0 Å². The van der Waals surface area contributed by atoms with Gasteiger partial charge in [0, 0.05) is 45.8 Å². The molecule has 3 amide bonds. The van der Waals surface area contributed by atoms with Crippen LogP contribution in [0, 0.1) is 11.7 Å². The summed E-state index contributed by atoms with van der Waals surface area (Å²) in [5.74, 6) is -1.37. The average molecular weight is 486 g/mol. The number of anilines is 1. The van der Waals surface area contributed by atoms with Crippen molar-refractivity contribution in [2.24, 2.45) is 5.92 Å². The summed E-state index contributed by atoms with van der Waals surface area (Å²) >= 11 is 0. The van der Waals surface area contributed by atoms with Crippen LogP contribution in [0.3, 0.4) is 0 Å². The van der Waals surface area contributed by atoms with Gasteiger partial charge in [0.1, 0.15) is 18.2 Å². The van der Waals surface area contributed by atoms with Gasteiger partial charge in [0.05, 0.1) is 23.3 Å². The molecule has 2 aromatic carbocycles. The van der Waals surface area contributed by atoms with Gasteiger partial charge in [-0.15, -0.1) is 0 Å². The van der Waals surface area contributed by atoms with Crippen molar-refractivity contribution in [3.05, 3.63) is 59.4 Å². The quantitative estimate of drug-likeness (QED) is 0.720. The van der Waals surface area contributed by atoms with Gasteiger partial charge in [0.2, 0.25) is 5.91 Å². The molecule has 0 fully saturated rings. The summed E-state index contributed by atoms with van der Waals surface area (Å²) in [6.45, 7) is 6.32. The SMILES string of the molecule is CO[C@@H]1CN(C)C(=O)c2cc(NC(=O)c3ccccc3F)ccc2OC[C@@H](C)N(C(C)=O)C[C@@H]1C. The van der Waals surface area contributed by atoms with Crippen LogP contribution in [0.1, 0.15) is 41.5 Å². The number of halogens is 1. The highest BCUT2D eigenvalue weighted by Gasteiger charge is 2.29. The van der Waals surface area contributed by atoms with E-state index in [2.05, 4.69) is 5.32 Å². The first-order valence-electron chi connectivity index (χ1n) is 11.5. The molecule has 0 radical (unpaired) electrons. The fourth-order valence-electron chi connectivity index (χ4n) is 4.14. The van der Waals surface area contributed by atoms with Gasteiger partial charge in [-0.05, 0) is 37.3 Å². The van der Waals surface area contributed by atoms with Gasteiger partial charge in [-0.2, -0.15) is 0 Å². The maximum absolute atomic E-state index is 14.0. The van der Waals surface area contributed by atoms with E-state index in [9.17, 15) is 18.8 Å². The minimum Gasteiger partial charge on any atom is -0.491 e. The molecule has 1 heterocycles. The van der Waals surface area contributed by atoms with Crippen LogP contribution in [0.15, 0.2) is 42.5 Å². The van der Waals surface area contributed by atoms with Crippen LogP contribution in [-0.4, -0.2) is 73.5 Å². The summed E-state index contributed by atoms with van der Waals surface area (Å²) in [7, 11) is 3.24. The number of nitrogens with zero attached hydrogens (tertiary/aromatic N) is 2. The van der Waals surface area contributed by atoms with Crippen molar-refractivity contribution in [3.8, 4) is 5.75 Å². The van der Waals surface area contributed by atoms with Gasteiger partial charge in [-0.25, -0.2) is 4.39 Å². The molecule has 2 aromatic rings. The van der Waals surface area contributed by atoms with Gasteiger partial charge >= 0.3 is 0 Å². The molecule has 35 heavy (non-hydrogen) atoms. The van der Waals surface area contributed by atoms with E-state index in [0.717, 1.165) is 0 Å². The molecule has 9 heteroatoms. The zero-order valence-electron chi connectivity index (χ0n) is 20.7. The summed E-state index contributed by atoms with van der Waals surface area (Å²) in [5, 5.41) is 2.65. The maximum Gasteiger partial charge on any atom is 0.258 e. The van der Waals surface area contributed by atoms with Crippen LogP contribution >= 0.6 is 0 Å². The van der Waals surface area contributed by atoms with Crippen LogP contribution in [0.2, 0.25) is 0 Å². The molecule has 1 aliphatic rings. The summed E-state index contributed by atoms with van der Waals surface area (Å²) < 4.78 is 25.7. The molecule has 188 valence electrons. The number of fused-ring (bicyclic) bond motifs is 1. The van der Waals surface area contributed by atoms with E-state index in [1.54, 1.807) is 37.3 Å². The molecule has 0 bridgehead atoms. The molecule has 3 atom stereocenters. The first kappa shape index (κ1) is 26.2. The third-order valence-corrected chi connectivity index (χ3v) is 6.23. The number of hydrogen-bond donors (Lipinski definition) is 1. The van der Waals surface area contributed by atoms with Crippen molar-refractivity contribution >= 4 is 23.4 Å². The molecule has 0 saturated heterocycles. The van der Waals surface area contributed by atoms with Crippen LogP contribution in [-0.2, 0) is 9.53 Å². The molecule has 0 spiro atoms. The van der Waals surface area contributed by atoms with Crippen molar-refractivity contribution in [2.75, 3.05) is 39.2 Å². The molecule has 8 nitrogen and oxygen atoms in total. The van der Waals surface area contributed by atoms with Crippen molar-refractivity contribution < 1.29 is 28.2 Å². The molecule has 1 N–H and O–H groups in total. The minimum absolute atomic E-state index is 0.0353. The number of hydrogen-bond acceptors (Lipinski definition) is 5. The second-order valence-corrected chi connectivity index (χ2v) is 8.91. The number of benzene rings is 2. The highest BCUT2D eigenvalue weighted by molar-refractivity contribution is 6.05. The summed E-state index contributed by atoms with van der Waals surface area (Å²) in [6.07, 6.45) is -0.300. The third-order valence-electron chi connectivity index (χ3n) is 6.23. The predicted octanol–water partition coefficient (Wildman–Crippen LogP) is 3.43. The number of amides is 3. The largest absolute Gasteiger partial charge is 0.491 e. The highest BCUT2D eigenvalue weighted by Crippen LogP contribution is 2.27. The number of nitrogens with one attached hydrogen (secondary N) is 1. The Kier molecular flexibility index (Phi) is 8.45. The van der Waals surface area contributed by atoms with E-state index < -0.39 is 11.7 Å². The molecular weight excluding hydrogens is 453 g/mol. The first-order chi connectivity index (χ1) is 16.6. The molecule has 0 aliphatic carbocycles. The Labute approximate surface area is 205 Å². The van der Waals surface area contributed by atoms with Gasteiger partial charge in [0.15, 0.2) is 0 Å². The third kappa shape index (κ3) is 6.16. The van der Waals surface area contributed by atoms with Crippen LogP contribution < -0.4 is 10.1 Å². The van der Waals surface area contributed by atoms with E-state index in [1.807, 2.05) is 13.8 Å². The standard InChI is InChI=1S/C26H32FN3O5/c1-16-13-30(18(3)31)17(2)15-35-23-11-10-19(28-25(32)20-8-6-7-9-22(20)27)12-21(23)26(33)29(4)14-24(16)34-5/h6-12,16-17,24H,13-15H2,1-5H3,(H,28,32)/t16-,17+,24+/m0/s1. The number of ether oxygens (including phenoxy) is 2. The Balaban J connectivity index is 1.95. The lowest BCUT2D eigenvalue weighted by molar-refractivity contribution is -0.133. The Bertz CT molecular complexity index is 1090. The van der Waals surface area contributed by atoms with Crippen LogP contribution in [0.25, 0.3) is 0 Å².